The number of carbonyl (C=O) groups is 6. The zero-order valence-electron chi connectivity index (χ0n) is 25.5. The fourth-order valence-corrected chi connectivity index (χ4v) is 3.77. The van der Waals surface area contributed by atoms with E-state index in [1.54, 1.807) is 0 Å². The van der Waals surface area contributed by atoms with E-state index < -0.39 is 78.9 Å². The Labute approximate surface area is 251 Å². The molecule has 0 saturated carbocycles. The van der Waals surface area contributed by atoms with E-state index in [4.69, 9.17) is 17.2 Å². The number of nitrogens with zero attached hydrogens (tertiary/aromatic N) is 1. The lowest BCUT2D eigenvalue weighted by molar-refractivity contribution is -0.142. The van der Waals surface area contributed by atoms with Crippen molar-refractivity contribution in [2.75, 3.05) is 19.7 Å². The molecule has 43 heavy (non-hydrogen) atoms. The van der Waals surface area contributed by atoms with Gasteiger partial charge in [-0.25, -0.2) is 4.79 Å². The molecule has 0 aromatic rings. The van der Waals surface area contributed by atoms with Crippen LogP contribution in [0, 0.1) is 11.8 Å². The minimum atomic E-state index is -1.34. The molecule has 0 fully saturated rings. The van der Waals surface area contributed by atoms with E-state index in [-0.39, 0.29) is 43.6 Å². The van der Waals surface area contributed by atoms with Gasteiger partial charge >= 0.3 is 5.97 Å². The summed E-state index contributed by atoms with van der Waals surface area (Å²) in [6.07, 6.45) is 0.884. The third kappa shape index (κ3) is 16.9. The number of hydrogen-bond donors (Lipinski definition) is 10. The van der Waals surface area contributed by atoms with Crippen LogP contribution in [0.3, 0.4) is 0 Å². The van der Waals surface area contributed by atoms with Gasteiger partial charge in [0.1, 0.15) is 24.2 Å². The summed E-state index contributed by atoms with van der Waals surface area (Å²) in [5, 5.41) is 30.9. The summed E-state index contributed by atoms with van der Waals surface area (Å²) < 4.78 is 0. The molecule has 0 rings (SSSR count). The fourth-order valence-electron chi connectivity index (χ4n) is 3.77. The fraction of sp³-hybridized carbons (Fsp3) is 0.731. The van der Waals surface area contributed by atoms with Gasteiger partial charge in [0, 0.05) is 6.54 Å². The summed E-state index contributed by atoms with van der Waals surface area (Å²) in [6, 6.07) is -5.69. The van der Waals surface area contributed by atoms with E-state index in [9.17, 15) is 39.0 Å². The van der Waals surface area contributed by atoms with Gasteiger partial charge in [0.05, 0.1) is 19.2 Å². The van der Waals surface area contributed by atoms with Crippen molar-refractivity contribution in [3.05, 3.63) is 0 Å². The van der Waals surface area contributed by atoms with Crippen LogP contribution < -0.4 is 43.8 Å². The Morgan fingerprint density at radius 1 is 0.744 bits per heavy atom. The minimum Gasteiger partial charge on any atom is -0.480 e. The van der Waals surface area contributed by atoms with Gasteiger partial charge < -0.3 is 54.0 Å². The Morgan fingerprint density at radius 3 is 1.81 bits per heavy atom. The molecule has 17 nitrogen and oxygen atoms in total. The van der Waals surface area contributed by atoms with E-state index in [1.807, 2.05) is 27.7 Å². The van der Waals surface area contributed by atoms with Gasteiger partial charge in [-0.15, -0.1) is 0 Å². The number of aliphatic hydroxyl groups excluding tert-OH is 1. The molecule has 0 spiro atoms. The van der Waals surface area contributed by atoms with Crippen molar-refractivity contribution < 1.29 is 39.0 Å². The monoisotopic (exact) mass is 615 g/mol. The van der Waals surface area contributed by atoms with Gasteiger partial charge in [-0.1, -0.05) is 27.7 Å². The second kappa shape index (κ2) is 20.0. The number of aliphatic imine (C=N–C) groups is 1. The molecule has 0 aromatic carbocycles. The van der Waals surface area contributed by atoms with Crippen molar-refractivity contribution >= 4 is 41.5 Å². The zero-order chi connectivity index (χ0) is 33.3. The van der Waals surface area contributed by atoms with E-state index in [0.717, 1.165) is 0 Å². The highest BCUT2D eigenvalue weighted by Gasteiger charge is 2.29. The molecule has 0 aromatic heterocycles. The van der Waals surface area contributed by atoms with E-state index in [0.29, 0.717) is 6.42 Å². The van der Waals surface area contributed by atoms with Crippen LogP contribution >= 0.6 is 0 Å². The molecule has 0 aliphatic rings. The molecule has 13 N–H and O–H groups in total. The Balaban J connectivity index is 5.06. The van der Waals surface area contributed by atoms with Gasteiger partial charge in [-0.05, 0) is 44.4 Å². The summed E-state index contributed by atoms with van der Waals surface area (Å²) in [7, 11) is 0. The lowest BCUT2D eigenvalue weighted by atomic mass is 10.0. The zero-order valence-corrected chi connectivity index (χ0v) is 25.5. The Hall–Kier alpha value is -3.99. The number of carbonyl (C=O) groups excluding carboxylic acids is 5. The maximum atomic E-state index is 12.9. The van der Waals surface area contributed by atoms with Gasteiger partial charge in [0.15, 0.2) is 5.96 Å². The molecular weight excluding hydrogens is 566 g/mol. The van der Waals surface area contributed by atoms with Crippen LogP contribution in [-0.4, -0.2) is 102 Å². The number of nitrogens with two attached hydrogens (primary N) is 3. The molecule has 0 heterocycles. The van der Waals surface area contributed by atoms with Crippen molar-refractivity contribution in [3.63, 3.8) is 0 Å². The molecular formula is C26H49N9O8. The summed E-state index contributed by atoms with van der Waals surface area (Å²) in [6.45, 7) is 7.59. The molecule has 17 heteroatoms. The number of carboxylic acid groups (broad SMARTS) is 1. The van der Waals surface area contributed by atoms with Crippen LogP contribution in [0.15, 0.2) is 4.99 Å². The predicted octanol–water partition coefficient (Wildman–Crippen LogP) is -3.39. The maximum Gasteiger partial charge on any atom is 0.326 e. The Bertz CT molecular complexity index is 986. The van der Waals surface area contributed by atoms with Crippen LogP contribution in [0.25, 0.3) is 0 Å². The van der Waals surface area contributed by atoms with E-state index in [1.165, 1.54) is 6.92 Å². The third-order valence-corrected chi connectivity index (χ3v) is 5.97. The molecule has 5 atom stereocenters. The Kier molecular flexibility index (Phi) is 18.2. The van der Waals surface area contributed by atoms with Gasteiger partial charge in [-0.2, -0.15) is 0 Å². The molecule has 0 saturated heterocycles. The first-order chi connectivity index (χ1) is 20.0. The number of aliphatic hydroxyl groups is 1. The normalized spacial score (nSPS) is 14.4. The van der Waals surface area contributed by atoms with Gasteiger partial charge in [-0.3, -0.25) is 29.0 Å². The second-order valence-electron chi connectivity index (χ2n) is 11.0. The number of aliphatic carboxylic acids is 1. The molecule has 5 amide bonds. The van der Waals surface area contributed by atoms with Crippen LogP contribution in [-0.2, 0) is 28.8 Å². The summed E-state index contributed by atoms with van der Waals surface area (Å²) in [4.78, 5) is 78.0. The topological polar surface area (TPSA) is 293 Å². The number of hydrogen-bond acceptors (Lipinski definition) is 9. The van der Waals surface area contributed by atoms with Crippen molar-refractivity contribution in [3.8, 4) is 0 Å². The quantitative estimate of drug-likeness (QED) is 0.0366. The van der Waals surface area contributed by atoms with Crippen molar-refractivity contribution in [1.29, 1.82) is 0 Å². The number of nitrogens with one attached hydrogen (secondary N) is 5. The second-order valence-corrected chi connectivity index (χ2v) is 11.0. The molecule has 0 bridgehead atoms. The molecule has 246 valence electrons. The van der Waals surface area contributed by atoms with Crippen LogP contribution in [0.4, 0.5) is 0 Å². The Morgan fingerprint density at radius 2 is 1.30 bits per heavy atom. The van der Waals surface area contributed by atoms with E-state index >= 15 is 0 Å². The minimum absolute atomic E-state index is 0.0456. The first-order valence-electron chi connectivity index (χ1n) is 14.1. The molecule has 0 unspecified atom stereocenters. The number of amides is 5. The van der Waals surface area contributed by atoms with Crippen LogP contribution in [0.5, 0.6) is 0 Å². The molecule has 0 aliphatic carbocycles. The lowest BCUT2D eigenvalue weighted by Gasteiger charge is -2.24. The smallest absolute Gasteiger partial charge is 0.326 e. The van der Waals surface area contributed by atoms with E-state index in [2.05, 4.69) is 31.6 Å². The lowest BCUT2D eigenvalue weighted by Crippen LogP contribution is -2.57. The highest BCUT2D eigenvalue weighted by atomic mass is 16.4. The van der Waals surface area contributed by atoms with Crippen LogP contribution in [0.2, 0.25) is 0 Å². The van der Waals surface area contributed by atoms with Gasteiger partial charge in [0.2, 0.25) is 29.5 Å². The van der Waals surface area contributed by atoms with Crippen molar-refractivity contribution in [2.24, 2.45) is 34.0 Å². The maximum absolute atomic E-state index is 12.9. The highest BCUT2D eigenvalue weighted by Crippen LogP contribution is 2.08. The number of carboxylic acids is 1. The van der Waals surface area contributed by atoms with Gasteiger partial charge in [0.25, 0.3) is 0 Å². The number of guanidine groups is 1. The predicted molar refractivity (Wildman–Crippen MR) is 158 cm³/mol. The highest BCUT2D eigenvalue weighted by molar-refractivity contribution is 5.95. The SMILES string of the molecule is CC(C)C[C@H](NC(=O)[C@H](C)NC(=O)CNC(=O)[C@H](CO)NC(=O)[C@@H](N)CC(C)C)C(=O)N[C@@H](CCCN=C(N)N)C(=O)O. The first-order valence-corrected chi connectivity index (χ1v) is 14.1. The average Bonchev–Trinajstić information content (AvgIpc) is 2.90. The average molecular weight is 616 g/mol. The summed E-state index contributed by atoms with van der Waals surface area (Å²) in [5.41, 5.74) is 16.3. The van der Waals surface area contributed by atoms with Crippen molar-refractivity contribution in [2.45, 2.75) is 90.5 Å². The summed E-state index contributed by atoms with van der Waals surface area (Å²) >= 11 is 0. The first kappa shape index (κ1) is 39.0. The third-order valence-electron chi connectivity index (χ3n) is 5.97. The van der Waals surface area contributed by atoms with Crippen molar-refractivity contribution in [1.82, 2.24) is 26.6 Å². The molecule has 0 radical (unpaired) electrons. The largest absolute Gasteiger partial charge is 0.480 e. The van der Waals surface area contributed by atoms with Crippen LogP contribution in [0.1, 0.15) is 60.3 Å². The standard InChI is InChI=1S/C26H49N9O8/c1-13(2)9-16(27)22(39)35-19(12-36)23(40)31-11-20(37)32-15(5)21(38)34-18(10-14(3)4)24(41)33-17(25(42)43)7-6-8-30-26(28)29/h13-19,36H,6-12,27H2,1-5H3,(H,31,40)(H,32,37)(H,33,41)(H,34,38)(H,35,39)(H,42,43)(H4,28,29,30)/t15-,16-,17-,18-,19-/m0/s1. The molecule has 0 aliphatic heterocycles. The summed E-state index contributed by atoms with van der Waals surface area (Å²) in [5.74, 6) is -4.98. The number of rotatable bonds is 20.